The number of likely N-dealkylation sites (tertiary alicyclic amines) is 1. The molecule has 0 bridgehead atoms. The van der Waals surface area contributed by atoms with Crippen molar-refractivity contribution in [2.75, 3.05) is 44.2 Å². The molecule has 3 fully saturated rings. The fraction of sp³-hybridized carbons (Fsp3) is 0.607. The van der Waals surface area contributed by atoms with Crippen LogP contribution in [-0.2, 0) is 20.9 Å². The molecule has 0 unspecified atom stereocenters. The van der Waals surface area contributed by atoms with E-state index in [0.717, 1.165) is 80.4 Å². The number of carbonyl (C=O) groups excluding carboxylic acids is 2. The molecule has 1 atom stereocenters. The summed E-state index contributed by atoms with van der Waals surface area (Å²) < 4.78 is 5.78. The van der Waals surface area contributed by atoms with Crippen LogP contribution in [0.5, 0.6) is 0 Å². The van der Waals surface area contributed by atoms with Crippen molar-refractivity contribution in [1.29, 1.82) is 0 Å². The van der Waals surface area contributed by atoms with Crippen LogP contribution in [0, 0.1) is 0 Å². The zero-order chi connectivity index (χ0) is 24.9. The fourth-order valence-electron chi connectivity index (χ4n) is 5.69. The van der Waals surface area contributed by atoms with Crippen molar-refractivity contribution >= 4 is 40.1 Å². The van der Waals surface area contributed by atoms with Gasteiger partial charge in [0.15, 0.2) is 0 Å². The van der Waals surface area contributed by atoms with E-state index in [-0.39, 0.29) is 17.9 Å². The van der Waals surface area contributed by atoms with Crippen molar-refractivity contribution in [2.45, 2.75) is 70.4 Å². The first-order chi connectivity index (χ1) is 17.6. The zero-order valence-electron chi connectivity index (χ0n) is 21.1. The van der Waals surface area contributed by atoms with Crippen molar-refractivity contribution in [2.24, 2.45) is 0 Å². The van der Waals surface area contributed by atoms with Gasteiger partial charge in [0.2, 0.25) is 5.91 Å². The molecule has 0 radical (unpaired) electrons. The third-order valence-electron chi connectivity index (χ3n) is 7.65. The topological polar surface area (TPSA) is 66.0 Å². The van der Waals surface area contributed by atoms with Crippen LogP contribution >= 0.6 is 11.6 Å². The average molecular weight is 513 g/mol. The predicted octanol–water partition coefficient (Wildman–Crippen LogP) is 4.79. The van der Waals surface area contributed by atoms with E-state index in [9.17, 15) is 9.59 Å². The van der Waals surface area contributed by atoms with Gasteiger partial charge in [0.1, 0.15) is 11.9 Å². The first-order valence-electron chi connectivity index (χ1n) is 13.6. The Bertz CT molecular complexity index is 1080. The van der Waals surface area contributed by atoms with Crippen LogP contribution in [0.1, 0.15) is 63.4 Å². The summed E-state index contributed by atoms with van der Waals surface area (Å²) in [7, 11) is 0. The number of nitrogens with zero attached hydrogens (tertiary/aromatic N) is 4. The molecule has 2 amide bonds. The van der Waals surface area contributed by atoms with E-state index in [0.29, 0.717) is 37.7 Å². The molecule has 1 aromatic heterocycles. The number of benzene rings is 1. The Labute approximate surface area is 218 Å². The number of rotatable bonds is 8. The van der Waals surface area contributed by atoms with Gasteiger partial charge in [-0.25, -0.2) is 4.98 Å². The van der Waals surface area contributed by atoms with Crippen LogP contribution in [0.15, 0.2) is 24.3 Å². The molecule has 3 aliphatic rings. The summed E-state index contributed by atoms with van der Waals surface area (Å²) in [4.78, 5) is 37.0. The number of aromatic nitrogens is 1. The van der Waals surface area contributed by atoms with E-state index < -0.39 is 0 Å². The molecule has 3 saturated heterocycles. The van der Waals surface area contributed by atoms with E-state index in [1.54, 1.807) is 0 Å². The molecule has 0 saturated carbocycles. The summed E-state index contributed by atoms with van der Waals surface area (Å²) >= 11 is 6.29. The van der Waals surface area contributed by atoms with Gasteiger partial charge in [0, 0.05) is 68.3 Å². The van der Waals surface area contributed by atoms with E-state index in [1.165, 1.54) is 12.8 Å². The third kappa shape index (κ3) is 5.94. The van der Waals surface area contributed by atoms with Gasteiger partial charge in [-0.3, -0.25) is 9.59 Å². The number of anilines is 1. The molecule has 7 nitrogen and oxygen atoms in total. The van der Waals surface area contributed by atoms with Crippen LogP contribution in [0.2, 0.25) is 5.02 Å². The molecule has 3 aliphatic heterocycles. The van der Waals surface area contributed by atoms with Crippen LogP contribution in [0.4, 0.5) is 5.82 Å². The number of carbonyl (C=O) groups is 2. The quantitative estimate of drug-likeness (QED) is 0.509. The normalized spacial score (nSPS) is 20.8. The van der Waals surface area contributed by atoms with E-state index >= 15 is 0 Å². The highest BCUT2D eigenvalue weighted by Crippen LogP contribution is 2.29. The first-order valence-corrected chi connectivity index (χ1v) is 14.0. The van der Waals surface area contributed by atoms with Crippen LogP contribution in [0.3, 0.4) is 0 Å². The summed E-state index contributed by atoms with van der Waals surface area (Å²) in [6.45, 7) is 5.20. The molecule has 36 heavy (non-hydrogen) atoms. The van der Waals surface area contributed by atoms with Crippen molar-refractivity contribution in [3.8, 4) is 0 Å². The molecule has 1 aromatic carbocycles. The number of hydrogen-bond donors (Lipinski definition) is 0. The largest absolute Gasteiger partial charge is 0.368 e. The van der Waals surface area contributed by atoms with Gasteiger partial charge >= 0.3 is 0 Å². The lowest BCUT2D eigenvalue weighted by molar-refractivity contribution is -0.141. The molecular weight excluding hydrogens is 476 g/mol. The smallest absolute Gasteiger partial charge is 0.252 e. The molecule has 194 valence electrons. The summed E-state index contributed by atoms with van der Waals surface area (Å²) in [6, 6.07) is 8.00. The molecule has 4 heterocycles. The number of ether oxygens (including phenoxy) is 1. The first kappa shape index (κ1) is 25.3. The molecule has 2 aromatic rings. The Balaban J connectivity index is 1.42. The monoisotopic (exact) mass is 512 g/mol. The Morgan fingerprint density at radius 1 is 1.08 bits per heavy atom. The minimum atomic E-state index is -0.368. The Kier molecular flexibility index (Phi) is 8.27. The second-order valence-corrected chi connectivity index (χ2v) is 10.7. The van der Waals surface area contributed by atoms with Gasteiger partial charge in [0.05, 0.1) is 5.52 Å². The summed E-state index contributed by atoms with van der Waals surface area (Å²) in [5.41, 5.74) is 1.95. The minimum absolute atomic E-state index is 0.0540. The maximum atomic E-state index is 13.6. The molecule has 0 spiro atoms. The van der Waals surface area contributed by atoms with Crippen molar-refractivity contribution in [1.82, 2.24) is 14.8 Å². The van der Waals surface area contributed by atoms with Crippen LogP contribution < -0.4 is 4.90 Å². The Morgan fingerprint density at radius 3 is 2.64 bits per heavy atom. The highest BCUT2D eigenvalue weighted by molar-refractivity contribution is 6.31. The molecular formula is C28H37ClN4O3. The minimum Gasteiger partial charge on any atom is -0.368 e. The molecule has 0 aliphatic carbocycles. The Morgan fingerprint density at radius 2 is 1.92 bits per heavy atom. The summed E-state index contributed by atoms with van der Waals surface area (Å²) in [5.74, 6) is 1.25. The van der Waals surface area contributed by atoms with E-state index in [2.05, 4.69) is 11.0 Å². The summed E-state index contributed by atoms with van der Waals surface area (Å²) in [5, 5.41) is 1.70. The van der Waals surface area contributed by atoms with Gasteiger partial charge in [-0.15, -0.1) is 0 Å². The van der Waals surface area contributed by atoms with Crippen LogP contribution in [0.25, 0.3) is 10.9 Å². The van der Waals surface area contributed by atoms with Crippen molar-refractivity contribution < 1.29 is 14.3 Å². The number of fused-ring (bicyclic) bond motifs is 1. The second kappa shape index (κ2) is 11.8. The molecule has 0 N–H and O–H groups in total. The zero-order valence-corrected chi connectivity index (χ0v) is 21.8. The lowest BCUT2D eigenvalue weighted by Crippen LogP contribution is -2.40. The van der Waals surface area contributed by atoms with E-state index in [4.69, 9.17) is 21.3 Å². The fourth-order valence-corrected chi connectivity index (χ4v) is 5.85. The van der Waals surface area contributed by atoms with Gasteiger partial charge < -0.3 is 19.4 Å². The average Bonchev–Trinajstić information content (AvgIpc) is 3.48. The SMILES string of the molecule is O=C1CCCN1CCCN(Cc1cc2ccc(Cl)cc2nc1N1CCCCCC1)C(=O)[C@@H]1CCCO1. The highest BCUT2D eigenvalue weighted by atomic mass is 35.5. The van der Waals surface area contributed by atoms with Gasteiger partial charge in [-0.05, 0) is 56.7 Å². The lowest BCUT2D eigenvalue weighted by Gasteiger charge is -2.30. The van der Waals surface area contributed by atoms with Crippen LogP contribution in [-0.4, -0.2) is 72.0 Å². The van der Waals surface area contributed by atoms with Gasteiger partial charge in [-0.2, -0.15) is 0 Å². The molecule has 5 rings (SSSR count). The van der Waals surface area contributed by atoms with E-state index in [1.807, 2.05) is 28.0 Å². The van der Waals surface area contributed by atoms with Crippen molar-refractivity contribution in [3.05, 3.63) is 34.9 Å². The highest BCUT2D eigenvalue weighted by Gasteiger charge is 2.30. The number of hydrogen-bond acceptors (Lipinski definition) is 5. The third-order valence-corrected chi connectivity index (χ3v) is 7.88. The number of pyridine rings is 1. The predicted molar refractivity (Wildman–Crippen MR) is 142 cm³/mol. The lowest BCUT2D eigenvalue weighted by atomic mass is 10.1. The standard InChI is InChI=1S/C28H37ClN4O3/c29-23-11-10-21-18-22(27(30-24(21)19-23)32-12-3-1-2-4-13-32)20-33(28(35)25-8-6-17-36-25)16-7-15-31-14-5-9-26(31)34/h10-11,18-19,25H,1-9,12-17,20H2/t25-/m0/s1. The maximum absolute atomic E-state index is 13.6. The number of amides is 2. The van der Waals surface area contributed by atoms with Crippen molar-refractivity contribution in [3.63, 3.8) is 0 Å². The summed E-state index contributed by atoms with van der Waals surface area (Å²) in [6.07, 6.45) is 8.44. The van der Waals surface area contributed by atoms with Gasteiger partial charge in [-0.1, -0.05) is 30.5 Å². The van der Waals surface area contributed by atoms with Gasteiger partial charge in [0.25, 0.3) is 5.91 Å². The maximum Gasteiger partial charge on any atom is 0.252 e. The Hall–Kier alpha value is -2.38. The second-order valence-electron chi connectivity index (χ2n) is 10.3. The molecule has 8 heteroatoms. The number of halogens is 1.